The molecule has 1 unspecified atom stereocenters. The van der Waals surface area contributed by atoms with Crippen LogP contribution in [0.3, 0.4) is 0 Å². The molecule has 2 aromatic carbocycles. The van der Waals surface area contributed by atoms with Crippen molar-refractivity contribution in [1.29, 1.82) is 5.41 Å². The minimum absolute atomic E-state index is 0.106. The highest BCUT2D eigenvalue weighted by Crippen LogP contribution is 2.31. The van der Waals surface area contributed by atoms with E-state index in [-0.39, 0.29) is 17.7 Å². The summed E-state index contributed by atoms with van der Waals surface area (Å²) in [6, 6.07) is 10.8. The lowest BCUT2D eigenvalue weighted by atomic mass is 9.94. The van der Waals surface area contributed by atoms with Gasteiger partial charge in [-0.05, 0) is 48.2 Å². The third-order valence-electron chi connectivity index (χ3n) is 3.77. The van der Waals surface area contributed by atoms with Crippen molar-refractivity contribution in [3.05, 3.63) is 70.3 Å². The second-order valence-corrected chi connectivity index (χ2v) is 5.73. The second kappa shape index (κ2) is 6.54. The van der Waals surface area contributed by atoms with Crippen molar-refractivity contribution in [3.63, 3.8) is 0 Å². The Morgan fingerprint density at radius 3 is 2.39 bits per heavy atom. The molecule has 5 heteroatoms. The van der Waals surface area contributed by atoms with E-state index in [2.05, 4.69) is 0 Å². The van der Waals surface area contributed by atoms with E-state index in [1.165, 1.54) is 0 Å². The largest absolute Gasteiger partial charge is 0.416 e. The second-order valence-electron chi connectivity index (χ2n) is 5.73. The van der Waals surface area contributed by atoms with Crippen molar-refractivity contribution in [2.45, 2.75) is 32.5 Å². The molecule has 0 amide bonds. The number of hydrogen-bond donors (Lipinski definition) is 2. The van der Waals surface area contributed by atoms with E-state index in [1.54, 1.807) is 13.0 Å². The molecule has 0 aliphatic rings. The molecular weight excluding hydrogens is 301 g/mol. The Morgan fingerprint density at radius 1 is 1.13 bits per heavy atom. The fourth-order valence-corrected chi connectivity index (χ4v) is 2.57. The van der Waals surface area contributed by atoms with E-state index in [1.807, 2.05) is 31.2 Å². The van der Waals surface area contributed by atoms with Gasteiger partial charge < -0.3 is 11.1 Å². The van der Waals surface area contributed by atoms with Gasteiger partial charge >= 0.3 is 6.18 Å². The molecular formula is C18H19F3N2. The van der Waals surface area contributed by atoms with Crippen LogP contribution in [-0.2, 0) is 6.18 Å². The van der Waals surface area contributed by atoms with Gasteiger partial charge in [0.25, 0.3) is 0 Å². The number of benzene rings is 2. The SMILES string of the molecule is Cc1cc(C(=N)CC(N)c2ccccc2C)cc(C(F)(F)F)c1. The molecule has 0 heterocycles. The molecule has 0 saturated carbocycles. The van der Waals surface area contributed by atoms with E-state index in [0.717, 1.165) is 23.3 Å². The number of nitrogens with two attached hydrogens (primary N) is 1. The van der Waals surface area contributed by atoms with Crippen LogP contribution in [0.1, 0.15) is 40.3 Å². The third-order valence-corrected chi connectivity index (χ3v) is 3.77. The van der Waals surface area contributed by atoms with Crippen LogP contribution in [0, 0.1) is 19.3 Å². The van der Waals surface area contributed by atoms with Gasteiger partial charge in [0, 0.05) is 18.2 Å². The third kappa shape index (κ3) is 4.20. The molecule has 0 spiro atoms. The van der Waals surface area contributed by atoms with E-state index in [9.17, 15) is 13.2 Å². The Labute approximate surface area is 133 Å². The Balaban J connectivity index is 2.24. The number of rotatable bonds is 4. The molecule has 1 atom stereocenters. The summed E-state index contributed by atoms with van der Waals surface area (Å²) in [4.78, 5) is 0. The van der Waals surface area contributed by atoms with Gasteiger partial charge in [0.05, 0.1) is 5.56 Å². The molecule has 3 N–H and O–H groups in total. The van der Waals surface area contributed by atoms with E-state index in [0.29, 0.717) is 5.56 Å². The molecule has 0 aliphatic carbocycles. The summed E-state index contributed by atoms with van der Waals surface area (Å²) < 4.78 is 38.7. The van der Waals surface area contributed by atoms with Gasteiger partial charge in [0.1, 0.15) is 0 Å². The van der Waals surface area contributed by atoms with Crippen LogP contribution in [-0.4, -0.2) is 5.71 Å². The lowest BCUT2D eigenvalue weighted by Crippen LogP contribution is -2.17. The zero-order chi connectivity index (χ0) is 17.2. The fourth-order valence-electron chi connectivity index (χ4n) is 2.57. The first-order valence-corrected chi connectivity index (χ1v) is 7.26. The molecule has 0 fully saturated rings. The standard InChI is InChI=1S/C18H19F3N2/c1-11-7-13(9-14(8-11)18(19,20)21)16(22)10-17(23)15-6-4-3-5-12(15)2/h3-9,17,22H,10,23H2,1-2H3. The maximum absolute atomic E-state index is 12.9. The maximum Gasteiger partial charge on any atom is 0.416 e. The van der Waals surface area contributed by atoms with E-state index < -0.39 is 17.8 Å². The lowest BCUT2D eigenvalue weighted by Gasteiger charge is -2.16. The van der Waals surface area contributed by atoms with Gasteiger partial charge in [0.2, 0.25) is 0 Å². The monoisotopic (exact) mass is 320 g/mol. The average molecular weight is 320 g/mol. The first-order valence-electron chi connectivity index (χ1n) is 7.26. The van der Waals surface area contributed by atoms with Crippen molar-refractivity contribution in [3.8, 4) is 0 Å². The van der Waals surface area contributed by atoms with Crippen molar-refractivity contribution in [1.82, 2.24) is 0 Å². The summed E-state index contributed by atoms with van der Waals surface area (Å²) in [6.45, 7) is 3.51. The predicted molar refractivity (Wildman–Crippen MR) is 85.7 cm³/mol. The number of aryl methyl sites for hydroxylation is 2. The summed E-state index contributed by atoms with van der Waals surface area (Å²) in [5.74, 6) is 0. The first kappa shape index (κ1) is 17.2. The van der Waals surface area contributed by atoms with Crippen molar-refractivity contribution >= 4 is 5.71 Å². The van der Waals surface area contributed by atoms with Gasteiger partial charge in [-0.15, -0.1) is 0 Å². The number of nitrogens with one attached hydrogen (secondary N) is 1. The van der Waals surface area contributed by atoms with E-state index in [4.69, 9.17) is 11.1 Å². The van der Waals surface area contributed by atoms with Crippen LogP contribution in [0.5, 0.6) is 0 Å². The smallest absolute Gasteiger partial charge is 0.324 e. The maximum atomic E-state index is 12.9. The normalized spacial score (nSPS) is 13.0. The first-order chi connectivity index (χ1) is 10.7. The predicted octanol–water partition coefficient (Wildman–Crippen LogP) is 4.78. The lowest BCUT2D eigenvalue weighted by molar-refractivity contribution is -0.137. The van der Waals surface area contributed by atoms with Crippen molar-refractivity contribution < 1.29 is 13.2 Å². The highest BCUT2D eigenvalue weighted by Gasteiger charge is 2.31. The summed E-state index contributed by atoms with van der Waals surface area (Å²) in [6.07, 6.45) is -4.23. The van der Waals surface area contributed by atoms with Crippen LogP contribution < -0.4 is 5.73 Å². The Hall–Kier alpha value is -2.14. The van der Waals surface area contributed by atoms with Crippen molar-refractivity contribution in [2.75, 3.05) is 0 Å². The molecule has 2 aromatic rings. The van der Waals surface area contributed by atoms with Gasteiger partial charge in [0.15, 0.2) is 0 Å². The highest BCUT2D eigenvalue weighted by molar-refractivity contribution is 5.99. The summed E-state index contributed by atoms with van der Waals surface area (Å²) in [5, 5.41) is 8.13. The van der Waals surface area contributed by atoms with Crippen LogP contribution in [0.2, 0.25) is 0 Å². The Morgan fingerprint density at radius 2 is 1.78 bits per heavy atom. The summed E-state index contributed by atoms with van der Waals surface area (Å²) in [5.41, 5.74) is 8.16. The molecule has 2 nitrogen and oxygen atoms in total. The highest BCUT2D eigenvalue weighted by atomic mass is 19.4. The minimum Gasteiger partial charge on any atom is -0.324 e. The average Bonchev–Trinajstić information content (AvgIpc) is 2.46. The van der Waals surface area contributed by atoms with Crippen LogP contribution >= 0.6 is 0 Å². The van der Waals surface area contributed by atoms with Crippen LogP contribution in [0.15, 0.2) is 42.5 Å². The van der Waals surface area contributed by atoms with Crippen LogP contribution in [0.4, 0.5) is 13.2 Å². The molecule has 0 bridgehead atoms. The molecule has 0 aromatic heterocycles. The summed E-state index contributed by atoms with van der Waals surface area (Å²) >= 11 is 0. The van der Waals surface area contributed by atoms with Gasteiger partial charge in [-0.1, -0.05) is 30.3 Å². The molecule has 2 rings (SSSR count). The van der Waals surface area contributed by atoms with Gasteiger partial charge in [-0.3, -0.25) is 0 Å². The Bertz CT molecular complexity index is 720. The Kier molecular flexibility index (Phi) is 4.90. The molecule has 0 saturated heterocycles. The molecule has 122 valence electrons. The van der Waals surface area contributed by atoms with Crippen molar-refractivity contribution in [2.24, 2.45) is 5.73 Å². The number of alkyl halides is 3. The number of halogens is 3. The van der Waals surface area contributed by atoms with Crippen LogP contribution in [0.25, 0.3) is 0 Å². The quantitative estimate of drug-likeness (QED) is 0.783. The number of hydrogen-bond acceptors (Lipinski definition) is 2. The zero-order valence-electron chi connectivity index (χ0n) is 13.0. The molecule has 0 aliphatic heterocycles. The molecule has 0 radical (unpaired) electrons. The van der Waals surface area contributed by atoms with E-state index >= 15 is 0 Å². The zero-order valence-corrected chi connectivity index (χ0v) is 13.0. The fraction of sp³-hybridized carbons (Fsp3) is 0.278. The van der Waals surface area contributed by atoms with Gasteiger partial charge in [-0.25, -0.2) is 0 Å². The van der Waals surface area contributed by atoms with Gasteiger partial charge in [-0.2, -0.15) is 13.2 Å². The summed E-state index contributed by atoms with van der Waals surface area (Å²) in [7, 11) is 0. The minimum atomic E-state index is -4.42. The molecule has 23 heavy (non-hydrogen) atoms. The topological polar surface area (TPSA) is 49.9 Å².